The molecule has 178 valence electrons. The summed E-state index contributed by atoms with van der Waals surface area (Å²) in [6, 6.07) is 25.0. The van der Waals surface area contributed by atoms with Gasteiger partial charge < -0.3 is 10.1 Å². The van der Waals surface area contributed by atoms with Gasteiger partial charge in [0.05, 0.1) is 5.69 Å². The predicted molar refractivity (Wildman–Crippen MR) is 137 cm³/mol. The molecule has 1 aromatic heterocycles. The first kappa shape index (κ1) is 24.2. The Morgan fingerprint density at radius 1 is 1.11 bits per heavy atom. The van der Waals surface area contributed by atoms with E-state index in [2.05, 4.69) is 11.9 Å². The summed E-state index contributed by atoms with van der Waals surface area (Å²) in [7, 11) is 0. The number of hydrogen-bond donors (Lipinski definition) is 1. The molecule has 0 saturated heterocycles. The number of nitriles is 1. The molecule has 0 bridgehead atoms. The van der Waals surface area contributed by atoms with Crippen LogP contribution in [0.2, 0.25) is 0 Å². The smallest absolute Gasteiger partial charge is 0.262 e. The van der Waals surface area contributed by atoms with E-state index in [1.165, 1.54) is 18.2 Å². The first-order chi connectivity index (χ1) is 17.6. The van der Waals surface area contributed by atoms with Crippen LogP contribution in [0.4, 0.5) is 4.39 Å². The Hall–Kier alpha value is -4.96. The lowest BCUT2D eigenvalue weighted by atomic mass is 10.1. The molecule has 0 atom stereocenters. The van der Waals surface area contributed by atoms with Gasteiger partial charge in [-0.25, -0.2) is 9.07 Å². The van der Waals surface area contributed by atoms with E-state index in [1.807, 2.05) is 60.7 Å². The van der Waals surface area contributed by atoms with E-state index in [-0.39, 0.29) is 24.5 Å². The number of carbonyl (C=O) groups excluding carboxylic acids is 1. The average Bonchev–Trinajstić information content (AvgIpc) is 3.34. The quantitative estimate of drug-likeness (QED) is 0.197. The van der Waals surface area contributed by atoms with Crippen LogP contribution in [0.1, 0.15) is 11.1 Å². The molecular weight excluding hydrogens is 455 g/mol. The van der Waals surface area contributed by atoms with Gasteiger partial charge in [-0.05, 0) is 48.0 Å². The zero-order valence-electron chi connectivity index (χ0n) is 19.4. The van der Waals surface area contributed by atoms with Crippen LogP contribution in [-0.2, 0) is 11.4 Å². The first-order valence-corrected chi connectivity index (χ1v) is 11.2. The molecule has 7 heteroatoms. The first-order valence-electron chi connectivity index (χ1n) is 11.2. The molecule has 0 saturated carbocycles. The van der Waals surface area contributed by atoms with Gasteiger partial charge in [0.1, 0.15) is 35.5 Å². The Bertz CT molecular complexity index is 1430. The largest absolute Gasteiger partial charge is 0.489 e. The van der Waals surface area contributed by atoms with Crippen molar-refractivity contribution < 1.29 is 13.9 Å². The molecule has 36 heavy (non-hydrogen) atoms. The number of rotatable bonds is 9. The Balaban J connectivity index is 1.69. The van der Waals surface area contributed by atoms with Crippen LogP contribution in [0.15, 0.2) is 103 Å². The molecule has 4 rings (SSSR count). The maximum atomic E-state index is 13.2. The molecule has 0 unspecified atom stereocenters. The fraction of sp³-hybridized carbons (Fsp3) is 0.0690. The van der Waals surface area contributed by atoms with E-state index in [9.17, 15) is 14.4 Å². The normalized spacial score (nSPS) is 10.9. The minimum Gasteiger partial charge on any atom is -0.489 e. The van der Waals surface area contributed by atoms with Crippen LogP contribution in [-0.4, -0.2) is 22.2 Å². The van der Waals surface area contributed by atoms with Crippen LogP contribution in [0.3, 0.4) is 0 Å². The van der Waals surface area contributed by atoms with Gasteiger partial charge in [0.25, 0.3) is 5.91 Å². The minimum atomic E-state index is -0.493. The standard InChI is InChI=1S/C29H23FN4O2/c1-2-15-32-29(35)23(18-31)16-24-19-34(26-8-4-3-5-9-26)33-28(24)22-7-6-10-27(17-22)36-20-21-11-13-25(30)14-12-21/h2-14,16-17,19H,1,15,20H2,(H,32,35)/b23-16-. The maximum Gasteiger partial charge on any atom is 0.262 e. The third-order valence-electron chi connectivity index (χ3n) is 5.26. The van der Waals surface area contributed by atoms with Gasteiger partial charge in [0.2, 0.25) is 0 Å². The lowest BCUT2D eigenvalue weighted by Gasteiger charge is -2.08. The maximum absolute atomic E-state index is 13.2. The van der Waals surface area contributed by atoms with Crippen molar-refractivity contribution in [1.82, 2.24) is 15.1 Å². The van der Waals surface area contributed by atoms with Gasteiger partial charge in [-0.3, -0.25) is 4.79 Å². The van der Waals surface area contributed by atoms with Crippen molar-refractivity contribution in [3.8, 4) is 28.8 Å². The highest BCUT2D eigenvalue weighted by molar-refractivity contribution is 6.02. The fourth-order valence-corrected chi connectivity index (χ4v) is 3.47. The number of aromatic nitrogens is 2. The topological polar surface area (TPSA) is 79.9 Å². The summed E-state index contributed by atoms with van der Waals surface area (Å²) in [5.74, 6) is -0.192. The summed E-state index contributed by atoms with van der Waals surface area (Å²) in [4.78, 5) is 12.4. The molecule has 3 aromatic carbocycles. The van der Waals surface area contributed by atoms with Crippen molar-refractivity contribution in [2.45, 2.75) is 6.61 Å². The summed E-state index contributed by atoms with van der Waals surface area (Å²) in [6.07, 6.45) is 4.84. The molecule has 0 spiro atoms. The molecular formula is C29H23FN4O2. The third kappa shape index (κ3) is 5.93. The van der Waals surface area contributed by atoms with E-state index in [0.29, 0.717) is 17.0 Å². The van der Waals surface area contributed by atoms with E-state index in [1.54, 1.807) is 29.1 Å². The Morgan fingerprint density at radius 2 is 1.89 bits per heavy atom. The van der Waals surface area contributed by atoms with Crippen LogP contribution in [0, 0.1) is 17.1 Å². The van der Waals surface area contributed by atoms with E-state index < -0.39 is 5.91 Å². The van der Waals surface area contributed by atoms with Gasteiger partial charge in [0, 0.05) is 23.9 Å². The van der Waals surface area contributed by atoms with Gasteiger partial charge >= 0.3 is 0 Å². The SMILES string of the molecule is C=CCNC(=O)/C(C#N)=C\c1cn(-c2ccccc2)nc1-c1cccc(OCc2ccc(F)cc2)c1. The Kier molecular flexibility index (Phi) is 7.69. The molecule has 0 radical (unpaired) electrons. The van der Waals surface area contributed by atoms with Gasteiger partial charge in [-0.15, -0.1) is 6.58 Å². The van der Waals surface area contributed by atoms with Crippen molar-refractivity contribution >= 4 is 12.0 Å². The lowest BCUT2D eigenvalue weighted by molar-refractivity contribution is -0.116. The zero-order chi connectivity index (χ0) is 25.3. The number of amides is 1. The number of hydrogen-bond acceptors (Lipinski definition) is 4. The summed E-state index contributed by atoms with van der Waals surface area (Å²) < 4.78 is 20.8. The van der Waals surface area contributed by atoms with E-state index in [0.717, 1.165) is 16.8 Å². The fourth-order valence-electron chi connectivity index (χ4n) is 3.47. The second kappa shape index (κ2) is 11.4. The number of nitrogens with one attached hydrogen (secondary N) is 1. The van der Waals surface area contributed by atoms with Gasteiger partial charge in [0.15, 0.2) is 0 Å². The number of benzene rings is 3. The molecule has 0 aliphatic rings. The van der Waals surface area contributed by atoms with E-state index in [4.69, 9.17) is 9.84 Å². The second-order valence-electron chi connectivity index (χ2n) is 7.82. The average molecular weight is 479 g/mol. The Labute approximate surface area is 208 Å². The number of para-hydroxylation sites is 1. The molecule has 1 heterocycles. The van der Waals surface area contributed by atoms with Crippen molar-refractivity contribution in [3.05, 3.63) is 120 Å². The summed E-state index contributed by atoms with van der Waals surface area (Å²) in [5, 5.41) is 17.0. The van der Waals surface area contributed by atoms with Gasteiger partial charge in [-0.1, -0.05) is 48.5 Å². The lowest BCUT2D eigenvalue weighted by Crippen LogP contribution is -2.24. The molecule has 1 N–H and O–H groups in total. The molecule has 4 aromatic rings. The van der Waals surface area contributed by atoms with Crippen LogP contribution in [0.5, 0.6) is 5.75 Å². The number of halogens is 1. The number of ether oxygens (including phenoxy) is 1. The van der Waals surface area contributed by atoms with Crippen molar-refractivity contribution in [2.75, 3.05) is 6.54 Å². The predicted octanol–water partition coefficient (Wildman–Crippen LogP) is 5.47. The van der Waals surface area contributed by atoms with Crippen molar-refractivity contribution in [1.29, 1.82) is 5.26 Å². The summed E-state index contributed by atoms with van der Waals surface area (Å²) in [5.41, 5.74) is 3.54. The number of nitrogens with zero attached hydrogens (tertiary/aromatic N) is 3. The highest BCUT2D eigenvalue weighted by Crippen LogP contribution is 2.29. The monoisotopic (exact) mass is 478 g/mol. The molecule has 1 amide bonds. The molecule has 6 nitrogen and oxygen atoms in total. The zero-order valence-corrected chi connectivity index (χ0v) is 19.4. The highest BCUT2D eigenvalue weighted by atomic mass is 19.1. The van der Waals surface area contributed by atoms with Crippen LogP contribution in [0.25, 0.3) is 23.0 Å². The summed E-state index contributed by atoms with van der Waals surface area (Å²) in [6.45, 7) is 4.11. The highest BCUT2D eigenvalue weighted by Gasteiger charge is 2.15. The van der Waals surface area contributed by atoms with E-state index >= 15 is 0 Å². The molecule has 0 aliphatic carbocycles. The van der Waals surface area contributed by atoms with Crippen molar-refractivity contribution in [3.63, 3.8) is 0 Å². The number of carbonyl (C=O) groups is 1. The van der Waals surface area contributed by atoms with Crippen LogP contribution >= 0.6 is 0 Å². The summed E-state index contributed by atoms with van der Waals surface area (Å²) >= 11 is 0. The molecule has 0 aliphatic heterocycles. The Morgan fingerprint density at radius 3 is 2.61 bits per heavy atom. The van der Waals surface area contributed by atoms with Crippen molar-refractivity contribution in [2.24, 2.45) is 0 Å². The molecule has 0 fully saturated rings. The third-order valence-corrected chi connectivity index (χ3v) is 5.26. The van der Waals surface area contributed by atoms with Crippen LogP contribution < -0.4 is 10.1 Å². The second-order valence-corrected chi connectivity index (χ2v) is 7.82. The van der Waals surface area contributed by atoms with Gasteiger partial charge in [-0.2, -0.15) is 10.4 Å². The minimum absolute atomic E-state index is 0.0468.